The third kappa shape index (κ3) is 1.99. The minimum Gasteiger partial charge on any atom is -0.253 e. The topological polar surface area (TPSA) is 25.8 Å². The minimum absolute atomic E-state index is 0.428. The highest BCUT2D eigenvalue weighted by Gasteiger charge is 2.06. The van der Waals surface area contributed by atoms with Gasteiger partial charge in [0.2, 0.25) is 0 Å². The van der Waals surface area contributed by atoms with Crippen LogP contribution >= 0.6 is 15.9 Å². The number of aromatic nitrogens is 2. The molecule has 3 heteroatoms. The Morgan fingerprint density at radius 3 is 2.55 bits per heavy atom. The average Bonchev–Trinajstić information content (AvgIpc) is 1.94. The maximum atomic E-state index is 4.36. The summed E-state index contributed by atoms with van der Waals surface area (Å²) in [7, 11) is 0. The molecule has 1 rings (SSSR count). The molecule has 0 aliphatic carbocycles. The molecule has 1 aromatic heterocycles. The number of hydrogen-bond acceptors (Lipinski definition) is 2. The molecule has 11 heavy (non-hydrogen) atoms. The monoisotopic (exact) mass is 214 g/mol. The van der Waals surface area contributed by atoms with Gasteiger partial charge in [0.1, 0.15) is 4.60 Å². The normalized spacial score (nSPS) is 10.6. The van der Waals surface area contributed by atoms with Crippen LogP contribution in [-0.2, 0) is 0 Å². The van der Waals surface area contributed by atoms with Crippen LogP contribution in [0.5, 0.6) is 0 Å². The Bertz CT molecular complexity index is 258. The molecule has 0 unspecified atom stereocenters. The molecule has 0 aliphatic heterocycles. The Labute approximate surface area is 75.2 Å². The van der Waals surface area contributed by atoms with Crippen molar-refractivity contribution in [3.05, 3.63) is 22.2 Å². The van der Waals surface area contributed by atoms with Crippen LogP contribution < -0.4 is 0 Å². The number of hydrogen-bond donors (Lipinski definition) is 0. The standard InChI is InChI=1S/C8H11BrN2/c1-5(2)7-8(9)10-4-6(3)11-7/h4-5H,1-3H3. The summed E-state index contributed by atoms with van der Waals surface area (Å²) in [5.41, 5.74) is 2.00. The van der Waals surface area contributed by atoms with E-state index in [-0.39, 0.29) is 0 Å². The Morgan fingerprint density at radius 2 is 2.09 bits per heavy atom. The van der Waals surface area contributed by atoms with E-state index in [4.69, 9.17) is 0 Å². The largest absolute Gasteiger partial charge is 0.253 e. The Balaban J connectivity index is 3.13. The molecule has 1 aromatic rings. The van der Waals surface area contributed by atoms with Gasteiger partial charge in [-0.15, -0.1) is 0 Å². The maximum Gasteiger partial charge on any atom is 0.127 e. The van der Waals surface area contributed by atoms with E-state index in [2.05, 4.69) is 39.7 Å². The number of rotatable bonds is 1. The number of nitrogens with zero attached hydrogens (tertiary/aromatic N) is 2. The molecule has 60 valence electrons. The van der Waals surface area contributed by atoms with Gasteiger partial charge in [0.15, 0.2) is 0 Å². The smallest absolute Gasteiger partial charge is 0.127 e. The van der Waals surface area contributed by atoms with E-state index in [0.717, 1.165) is 16.0 Å². The summed E-state index contributed by atoms with van der Waals surface area (Å²) in [6.45, 7) is 6.16. The zero-order chi connectivity index (χ0) is 8.43. The van der Waals surface area contributed by atoms with Crippen molar-refractivity contribution < 1.29 is 0 Å². The predicted octanol–water partition coefficient (Wildman–Crippen LogP) is 2.67. The van der Waals surface area contributed by atoms with E-state index in [9.17, 15) is 0 Å². The van der Waals surface area contributed by atoms with Crippen molar-refractivity contribution >= 4 is 15.9 Å². The van der Waals surface area contributed by atoms with Crippen molar-refractivity contribution in [3.63, 3.8) is 0 Å². The van der Waals surface area contributed by atoms with Crippen LogP contribution in [0.3, 0.4) is 0 Å². The first-order chi connectivity index (χ1) is 5.11. The van der Waals surface area contributed by atoms with E-state index >= 15 is 0 Å². The lowest BCUT2D eigenvalue weighted by Gasteiger charge is -2.05. The fourth-order valence-corrected chi connectivity index (χ4v) is 1.50. The van der Waals surface area contributed by atoms with E-state index in [1.165, 1.54) is 0 Å². The summed E-state index contributed by atoms with van der Waals surface area (Å²) in [6, 6.07) is 0. The van der Waals surface area contributed by atoms with Gasteiger partial charge in [-0.25, -0.2) is 4.98 Å². The second-order valence-corrected chi connectivity index (χ2v) is 3.59. The summed E-state index contributed by atoms with van der Waals surface area (Å²) in [6.07, 6.45) is 1.76. The first-order valence-corrected chi connectivity index (χ1v) is 4.39. The van der Waals surface area contributed by atoms with Gasteiger partial charge >= 0.3 is 0 Å². The molecule has 0 aliphatic rings. The van der Waals surface area contributed by atoms with Crippen LogP contribution in [0.1, 0.15) is 31.2 Å². The zero-order valence-electron chi connectivity index (χ0n) is 6.93. The van der Waals surface area contributed by atoms with Crippen molar-refractivity contribution in [2.24, 2.45) is 0 Å². The highest BCUT2D eigenvalue weighted by molar-refractivity contribution is 9.10. The molecule has 0 spiro atoms. The Kier molecular flexibility index (Phi) is 2.60. The van der Waals surface area contributed by atoms with Crippen molar-refractivity contribution in [2.45, 2.75) is 26.7 Å². The molecule has 0 fully saturated rings. The maximum absolute atomic E-state index is 4.36. The molecule has 0 aromatic carbocycles. The van der Waals surface area contributed by atoms with Crippen LogP contribution in [0.25, 0.3) is 0 Å². The number of halogens is 1. The molecule has 0 radical (unpaired) electrons. The van der Waals surface area contributed by atoms with Crippen molar-refractivity contribution in [3.8, 4) is 0 Å². The predicted molar refractivity (Wildman–Crippen MR) is 48.6 cm³/mol. The SMILES string of the molecule is Cc1cnc(Br)c(C(C)C)n1. The van der Waals surface area contributed by atoms with Crippen LogP contribution in [0.2, 0.25) is 0 Å². The van der Waals surface area contributed by atoms with Crippen molar-refractivity contribution in [1.82, 2.24) is 9.97 Å². The van der Waals surface area contributed by atoms with Gasteiger partial charge in [-0.05, 0) is 28.8 Å². The van der Waals surface area contributed by atoms with E-state index in [1.54, 1.807) is 6.20 Å². The van der Waals surface area contributed by atoms with E-state index in [1.807, 2.05) is 6.92 Å². The summed E-state index contributed by atoms with van der Waals surface area (Å²) < 4.78 is 0.859. The van der Waals surface area contributed by atoms with Gasteiger partial charge in [0, 0.05) is 6.20 Å². The molecule has 1 heterocycles. The summed E-state index contributed by atoms with van der Waals surface area (Å²) in [5, 5.41) is 0. The van der Waals surface area contributed by atoms with E-state index < -0.39 is 0 Å². The molecule has 0 saturated carbocycles. The van der Waals surface area contributed by atoms with Gasteiger partial charge in [0.25, 0.3) is 0 Å². The Hall–Kier alpha value is -0.440. The highest BCUT2D eigenvalue weighted by Crippen LogP contribution is 2.19. The second kappa shape index (κ2) is 3.30. The van der Waals surface area contributed by atoms with E-state index in [0.29, 0.717) is 5.92 Å². The molecule has 0 amide bonds. The molecule has 0 N–H and O–H groups in total. The van der Waals surface area contributed by atoms with Crippen LogP contribution in [0, 0.1) is 6.92 Å². The summed E-state index contributed by atoms with van der Waals surface area (Å²) in [4.78, 5) is 8.52. The minimum atomic E-state index is 0.428. The summed E-state index contributed by atoms with van der Waals surface area (Å²) >= 11 is 3.36. The third-order valence-corrected chi connectivity index (χ3v) is 2.03. The fourth-order valence-electron chi connectivity index (χ4n) is 0.849. The first kappa shape index (κ1) is 8.65. The molecule has 0 saturated heterocycles. The molecular weight excluding hydrogens is 204 g/mol. The van der Waals surface area contributed by atoms with Crippen molar-refractivity contribution in [2.75, 3.05) is 0 Å². The molecule has 0 bridgehead atoms. The molecule has 0 atom stereocenters. The van der Waals surface area contributed by atoms with Gasteiger partial charge in [-0.3, -0.25) is 4.98 Å². The van der Waals surface area contributed by atoms with Gasteiger partial charge < -0.3 is 0 Å². The summed E-state index contributed by atoms with van der Waals surface area (Å²) in [5.74, 6) is 0.428. The lowest BCUT2D eigenvalue weighted by molar-refractivity contribution is 0.793. The lowest BCUT2D eigenvalue weighted by atomic mass is 10.1. The number of aryl methyl sites for hydroxylation is 1. The van der Waals surface area contributed by atoms with Crippen LogP contribution in [0.4, 0.5) is 0 Å². The first-order valence-electron chi connectivity index (χ1n) is 3.60. The molecular formula is C8H11BrN2. The third-order valence-electron chi connectivity index (χ3n) is 1.42. The average molecular weight is 215 g/mol. The highest BCUT2D eigenvalue weighted by atomic mass is 79.9. The lowest BCUT2D eigenvalue weighted by Crippen LogP contribution is -1.97. The van der Waals surface area contributed by atoms with Gasteiger partial charge in [0.05, 0.1) is 11.4 Å². The fraction of sp³-hybridized carbons (Fsp3) is 0.500. The van der Waals surface area contributed by atoms with Crippen LogP contribution in [-0.4, -0.2) is 9.97 Å². The quantitative estimate of drug-likeness (QED) is 0.719. The van der Waals surface area contributed by atoms with Gasteiger partial charge in [-0.1, -0.05) is 13.8 Å². The second-order valence-electron chi connectivity index (χ2n) is 2.84. The Morgan fingerprint density at radius 1 is 1.45 bits per heavy atom. The van der Waals surface area contributed by atoms with Gasteiger partial charge in [-0.2, -0.15) is 0 Å². The molecule has 2 nitrogen and oxygen atoms in total. The van der Waals surface area contributed by atoms with Crippen LogP contribution in [0.15, 0.2) is 10.8 Å². The van der Waals surface area contributed by atoms with Crippen molar-refractivity contribution in [1.29, 1.82) is 0 Å². The zero-order valence-corrected chi connectivity index (χ0v) is 8.51.